The van der Waals surface area contributed by atoms with Crippen molar-refractivity contribution in [2.45, 2.75) is 25.9 Å². The maximum Gasteiger partial charge on any atom is 0.139 e. The maximum atomic E-state index is 11.6. The van der Waals surface area contributed by atoms with Crippen LogP contribution in [0, 0.1) is 0 Å². The van der Waals surface area contributed by atoms with E-state index in [9.17, 15) is 4.79 Å². The summed E-state index contributed by atoms with van der Waals surface area (Å²) in [5.74, 6) is 0.205. The van der Waals surface area contributed by atoms with Crippen LogP contribution in [0.3, 0.4) is 0 Å². The fourth-order valence-corrected chi connectivity index (χ4v) is 1.76. The first-order chi connectivity index (χ1) is 7.13. The van der Waals surface area contributed by atoms with E-state index in [4.69, 9.17) is 4.74 Å². The molecule has 0 amide bonds. The van der Waals surface area contributed by atoms with Crippen molar-refractivity contribution < 1.29 is 9.53 Å². The molecule has 0 saturated carbocycles. The fourth-order valence-electron chi connectivity index (χ4n) is 1.33. The zero-order valence-corrected chi connectivity index (χ0v) is 10.6. The summed E-state index contributed by atoms with van der Waals surface area (Å²) in [6.45, 7) is 1.90. The van der Waals surface area contributed by atoms with Crippen LogP contribution < -0.4 is 0 Å². The van der Waals surface area contributed by atoms with Gasteiger partial charge in [0, 0.05) is 24.4 Å². The number of hydrogen-bond donors (Lipinski definition) is 0. The van der Waals surface area contributed by atoms with Crippen LogP contribution in [0.2, 0.25) is 0 Å². The van der Waals surface area contributed by atoms with Crippen molar-refractivity contribution in [3.05, 3.63) is 34.3 Å². The van der Waals surface area contributed by atoms with Crippen LogP contribution in [-0.2, 0) is 16.0 Å². The summed E-state index contributed by atoms with van der Waals surface area (Å²) in [5, 5.41) is 0. The van der Waals surface area contributed by atoms with Gasteiger partial charge in [-0.25, -0.2) is 0 Å². The highest BCUT2D eigenvalue weighted by molar-refractivity contribution is 9.10. The standard InChI is InChI=1S/C12H15BrO2/c1-9(15-2)7-11(14)8-10-5-3-4-6-12(10)13/h3-6,9H,7-8H2,1-2H3. The lowest BCUT2D eigenvalue weighted by molar-refractivity contribution is -0.120. The van der Waals surface area contributed by atoms with Gasteiger partial charge in [0.25, 0.3) is 0 Å². The van der Waals surface area contributed by atoms with Crippen LogP contribution >= 0.6 is 15.9 Å². The Kier molecular flexibility index (Phi) is 4.99. The smallest absolute Gasteiger partial charge is 0.139 e. The van der Waals surface area contributed by atoms with Crippen LogP contribution in [0.25, 0.3) is 0 Å². The summed E-state index contributed by atoms with van der Waals surface area (Å²) in [6, 6.07) is 7.78. The molecule has 1 rings (SSSR count). The first kappa shape index (κ1) is 12.4. The van der Waals surface area contributed by atoms with E-state index < -0.39 is 0 Å². The Morgan fingerprint density at radius 3 is 2.73 bits per heavy atom. The van der Waals surface area contributed by atoms with E-state index in [1.54, 1.807) is 7.11 Å². The first-order valence-corrected chi connectivity index (χ1v) is 5.70. The molecule has 0 radical (unpaired) electrons. The largest absolute Gasteiger partial charge is 0.381 e. The second kappa shape index (κ2) is 6.03. The molecular formula is C12H15BrO2. The number of carbonyl (C=O) groups is 1. The minimum Gasteiger partial charge on any atom is -0.381 e. The molecule has 1 aromatic carbocycles. The average molecular weight is 271 g/mol. The molecule has 0 heterocycles. The van der Waals surface area contributed by atoms with Crippen LogP contribution in [0.15, 0.2) is 28.7 Å². The maximum absolute atomic E-state index is 11.6. The third-order valence-electron chi connectivity index (χ3n) is 2.26. The van der Waals surface area contributed by atoms with Crippen molar-refractivity contribution in [2.24, 2.45) is 0 Å². The predicted molar refractivity (Wildman–Crippen MR) is 63.9 cm³/mol. The van der Waals surface area contributed by atoms with Crippen LogP contribution in [0.1, 0.15) is 18.9 Å². The Balaban J connectivity index is 2.55. The van der Waals surface area contributed by atoms with Gasteiger partial charge >= 0.3 is 0 Å². The molecule has 0 N–H and O–H groups in total. The van der Waals surface area contributed by atoms with Gasteiger partial charge in [0.2, 0.25) is 0 Å². The van der Waals surface area contributed by atoms with Crippen molar-refractivity contribution in [1.29, 1.82) is 0 Å². The molecule has 0 aliphatic carbocycles. The van der Waals surface area contributed by atoms with Gasteiger partial charge < -0.3 is 4.74 Å². The van der Waals surface area contributed by atoms with E-state index in [1.807, 2.05) is 31.2 Å². The lowest BCUT2D eigenvalue weighted by Crippen LogP contribution is -2.14. The van der Waals surface area contributed by atoms with Crippen molar-refractivity contribution in [1.82, 2.24) is 0 Å². The number of benzene rings is 1. The van der Waals surface area contributed by atoms with E-state index in [2.05, 4.69) is 15.9 Å². The number of ether oxygens (including phenoxy) is 1. The van der Waals surface area contributed by atoms with E-state index in [1.165, 1.54) is 0 Å². The van der Waals surface area contributed by atoms with Gasteiger partial charge in [-0.1, -0.05) is 34.1 Å². The Morgan fingerprint density at radius 1 is 1.47 bits per heavy atom. The van der Waals surface area contributed by atoms with E-state index in [0.29, 0.717) is 12.8 Å². The molecule has 0 aliphatic rings. The Bertz CT molecular complexity index is 336. The topological polar surface area (TPSA) is 26.3 Å². The van der Waals surface area contributed by atoms with E-state index in [0.717, 1.165) is 10.0 Å². The second-order valence-electron chi connectivity index (χ2n) is 3.56. The molecule has 1 atom stereocenters. The van der Waals surface area contributed by atoms with Crippen LogP contribution in [0.5, 0.6) is 0 Å². The zero-order valence-electron chi connectivity index (χ0n) is 9.00. The number of carbonyl (C=O) groups excluding carboxylic acids is 1. The molecule has 0 aliphatic heterocycles. The highest BCUT2D eigenvalue weighted by Crippen LogP contribution is 2.17. The van der Waals surface area contributed by atoms with Crippen molar-refractivity contribution in [2.75, 3.05) is 7.11 Å². The Labute approximate surface area is 98.8 Å². The predicted octanol–water partition coefficient (Wildman–Crippen LogP) is 2.99. The lowest BCUT2D eigenvalue weighted by atomic mass is 10.1. The minimum absolute atomic E-state index is 0.0000113. The van der Waals surface area contributed by atoms with Gasteiger partial charge in [0.1, 0.15) is 5.78 Å². The van der Waals surface area contributed by atoms with Gasteiger partial charge in [-0.15, -0.1) is 0 Å². The Morgan fingerprint density at radius 2 is 2.13 bits per heavy atom. The van der Waals surface area contributed by atoms with Crippen molar-refractivity contribution >= 4 is 21.7 Å². The number of halogens is 1. The molecule has 2 nitrogen and oxygen atoms in total. The summed E-state index contributed by atoms with van der Waals surface area (Å²) in [4.78, 5) is 11.6. The van der Waals surface area contributed by atoms with Gasteiger partial charge in [0.15, 0.2) is 0 Å². The Hall–Kier alpha value is -0.670. The number of Topliss-reactive ketones (excluding diaryl/α,β-unsaturated/α-hetero) is 1. The molecule has 0 bridgehead atoms. The summed E-state index contributed by atoms with van der Waals surface area (Å²) < 4.78 is 6.05. The number of ketones is 1. The monoisotopic (exact) mass is 270 g/mol. The van der Waals surface area contributed by atoms with Crippen LogP contribution in [-0.4, -0.2) is 19.0 Å². The molecule has 0 spiro atoms. The molecule has 3 heteroatoms. The molecule has 15 heavy (non-hydrogen) atoms. The summed E-state index contributed by atoms with van der Waals surface area (Å²) in [7, 11) is 1.62. The molecule has 1 aromatic rings. The lowest BCUT2D eigenvalue weighted by Gasteiger charge is -2.08. The normalized spacial score (nSPS) is 12.5. The SMILES string of the molecule is COC(C)CC(=O)Cc1ccccc1Br. The van der Waals surface area contributed by atoms with Gasteiger partial charge in [-0.3, -0.25) is 4.79 Å². The number of methoxy groups -OCH3 is 1. The molecule has 0 saturated heterocycles. The highest BCUT2D eigenvalue weighted by atomic mass is 79.9. The molecule has 0 aromatic heterocycles. The second-order valence-corrected chi connectivity index (χ2v) is 4.41. The zero-order chi connectivity index (χ0) is 11.3. The van der Waals surface area contributed by atoms with Crippen molar-refractivity contribution in [3.63, 3.8) is 0 Å². The minimum atomic E-state index is -0.0000113. The average Bonchev–Trinajstić information content (AvgIpc) is 2.21. The van der Waals surface area contributed by atoms with Gasteiger partial charge in [0.05, 0.1) is 6.10 Å². The van der Waals surface area contributed by atoms with Crippen LogP contribution in [0.4, 0.5) is 0 Å². The first-order valence-electron chi connectivity index (χ1n) is 4.91. The quantitative estimate of drug-likeness (QED) is 0.823. The third kappa shape index (κ3) is 4.14. The number of rotatable bonds is 5. The fraction of sp³-hybridized carbons (Fsp3) is 0.417. The molecule has 1 unspecified atom stereocenters. The highest BCUT2D eigenvalue weighted by Gasteiger charge is 2.10. The third-order valence-corrected chi connectivity index (χ3v) is 3.04. The summed E-state index contributed by atoms with van der Waals surface area (Å²) in [6.07, 6.45) is 0.937. The van der Waals surface area contributed by atoms with Crippen molar-refractivity contribution in [3.8, 4) is 0 Å². The summed E-state index contributed by atoms with van der Waals surface area (Å²) >= 11 is 3.42. The molecular weight excluding hydrogens is 256 g/mol. The number of hydrogen-bond acceptors (Lipinski definition) is 2. The molecule has 0 fully saturated rings. The van der Waals surface area contributed by atoms with E-state index in [-0.39, 0.29) is 11.9 Å². The summed E-state index contributed by atoms with van der Waals surface area (Å²) in [5.41, 5.74) is 1.03. The van der Waals surface area contributed by atoms with Gasteiger partial charge in [-0.2, -0.15) is 0 Å². The molecule has 82 valence electrons. The van der Waals surface area contributed by atoms with Gasteiger partial charge in [-0.05, 0) is 18.6 Å². The van der Waals surface area contributed by atoms with E-state index >= 15 is 0 Å².